The van der Waals surface area contributed by atoms with Crippen molar-refractivity contribution in [3.05, 3.63) is 70.9 Å². The minimum atomic E-state index is -0.243. The normalized spacial score (nSPS) is 10.8. The number of hydrogen-bond donors (Lipinski definition) is 0. The molecule has 0 aliphatic heterocycles. The second kappa shape index (κ2) is 7.49. The van der Waals surface area contributed by atoms with Gasteiger partial charge in [-0.2, -0.15) is 0 Å². The lowest BCUT2D eigenvalue weighted by Crippen LogP contribution is -1.96. The molecular formula is C18H17FN2O2S. The van der Waals surface area contributed by atoms with E-state index in [0.717, 1.165) is 11.3 Å². The number of thioether (sulfide) groups is 1. The third kappa shape index (κ3) is 4.35. The number of aromatic nitrogens is 2. The van der Waals surface area contributed by atoms with Crippen LogP contribution in [0, 0.1) is 19.7 Å². The molecule has 0 saturated carbocycles. The third-order valence-electron chi connectivity index (χ3n) is 3.56. The van der Waals surface area contributed by atoms with Gasteiger partial charge in [0.25, 0.3) is 11.1 Å². The van der Waals surface area contributed by atoms with E-state index in [1.54, 1.807) is 12.1 Å². The SMILES string of the molecule is Cc1ccc(OCc2nnc(SCc3ccc(F)cc3)o2)cc1C. The van der Waals surface area contributed by atoms with Crippen molar-refractivity contribution >= 4 is 11.8 Å². The molecule has 1 aromatic heterocycles. The molecule has 0 unspecified atom stereocenters. The van der Waals surface area contributed by atoms with Crippen molar-refractivity contribution in [1.29, 1.82) is 0 Å². The number of ether oxygens (including phenoxy) is 1. The minimum absolute atomic E-state index is 0.229. The van der Waals surface area contributed by atoms with E-state index in [0.29, 0.717) is 16.9 Å². The van der Waals surface area contributed by atoms with Crippen molar-refractivity contribution in [3.63, 3.8) is 0 Å². The van der Waals surface area contributed by atoms with Crippen molar-refractivity contribution in [2.45, 2.75) is 31.4 Å². The number of rotatable bonds is 6. The summed E-state index contributed by atoms with van der Waals surface area (Å²) in [6.45, 7) is 4.33. The summed E-state index contributed by atoms with van der Waals surface area (Å²) in [5.41, 5.74) is 3.39. The number of nitrogens with zero attached hydrogens (tertiary/aromatic N) is 2. The summed E-state index contributed by atoms with van der Waals surface area (Å²) in [4.78, 5) is 0. The Kier molecular flexibility index (Phi) is 5.15. The summed E-state index contributed by atoms with van der Waals surface area (Å²) >= 11 is 1.41. The van der Waals surface area contributed by atoms with Gasteiger partial charge in [0.05, 0.1) is 0 Å². The fourth-order valence-corrected chi connectivity index (χ4v) is 2.77. The van der Waals surface area contributed by atoms with Crippen molar-refractivity contribution in [2.75, 3.05) is 0 Å². The predicted molar refractivity (Wildman–Crippen MR) is 90.5 cm³/mol. The minimum Gasteiger partial charge on any atom is -0.484 e. The first-order chi connectivity index (χ1) is 11.6. The highest BCUT2D eigenvalue weighted by Gasteiger charge is 2.08. The molecule has 1 heterocycles. The smallest absolute Gasteiger partial charge is 0.277 e. The van der Waals surface area contributed by atoms with Crippen LogP contribution in [0.2, 0.25) is 0 Å². The number of halogens is 1. The second-order valence-corrected chi connectivity index (χ2v) is 6.34. The van der Waals surface area contributed by atoms with Gasteiger partial charge in [-0.25, -0.2) is 4.39 Å². The van der Waals surface area contributed by atoms with E-state index in [9.17, 15) is 4.39 Å². The average molecular weight is 344 g/mol. The first-order valence-electron chi connectivity index (χ1n) is 7.50. The van der Waals surface area contributed by atoms with Crippen molar-refractivity contribution in [3.8, 4) is 5.75 Å². The van der Waals surface area contributed by atoms with Gasteiger partial charge < -0.3 is 9.15 Å². The Bertz CT molecular complexity index is 818. The number of benzene rings is 2. The van der Waals surface area contributed by atoms with Crippen LogP contribution in [-0.4, -0.2) is 10.2 Å². The van der Waals surface area contributed by atoms with Crippen LogP contribution in [0.15, 0.2) is 52.1 Å². The van der Waals surface area contributed by atoms with Crippen molar-refractivity contribution < 1.29 is 13.5 Å². The molecule has 3 aromatic rings. The van der Waals surface area contributed by atoms with E-state index in [4.69, 9.17) is 9.15 Å². The van der Waals surface area contributed by atoms with Gasteiger partial charge >= 0.3 is 0 Å². The van der Waals surface area contributed by atoms with E-state index in [-0.39, 0.29) is 12.4 Å². The molecule has 0 fully saturated rings. The highest BCUT2D eigenvalue weighted by molar-refractivity contribution is 7.98. The van der Waals surface area contributed by atoms with Gasteiger partial charge in [-0.05, 0) is 54.8 Å². The van der Waals surface area contributed by atoms with E-state index in [2.05, 4.69) is 17.1 Å². The van der Waals surface area contributed by atoms with Crippen LogP contribution in [0.3, 0.4) is 0 Å². The summed E-state index contributed by atoms with van der Waals surface area (Å²) in [6, 6.07) is 12.3. The van der Waals surface area contributed by atoms with Gasteiger partial charge in [-0.1, -0.05) is 30.0 Å². The molecule has 0 radical (unpaired) electrons. The maximum atomic E-state index is 12.9. The van der Waals surface area contributed by atoms with Crippen LogP contribution >= 0.6 is 11.8 Å². The monoisotopic (exact) mass is 344 g/mol. The van der Waals surface area contributed by atoms with E-state index >= 15 is 0 Å². The van der Waals surface area contributed by atoms with Crippen molar-refractivity contribution in [1.82, 2.24) is 10.2 Å². The molecule has 2 aromatic carbocycles. The Morgan fingerprint density at radius 1 is 1.04 bits per heavy atom. The van der Waals surface area contributed by atoms with Crippen LogP contribution in [0.25, 0.3) is 0 Å². The van der Waals surface area contributed by atoms with E-state index in [1.165, 1.54) is 35.0 Å². The van der Waals surface area contributed by atoms with Gasteiger partial charge in [-0.15, -0.1) is 10.2 Å². The molecule has 124 valence electrons. The molecule has 3 rings (SSSR count). The largest absolute Gasteiger partial charge is 0.484 e. The summed E-state index contributed by atoms with van der Waals surface area (Å²) < 4.78 is 24.1. The molecule has 0 atom stereocenters. The molecule has 4 nitrogen and oxygen atoms in total. The molecule has 0 spiro atoms. The lowest BCUT2D eigenvalue weighted by Gasteiger charge is -2.05. The van der Waals surface area contributed by atoms with Crippen molar-refractivity contribution in [2.24, 2.45) is 0 Å². The Morgan fingerprint density at radius 2 is 1.83 bits per heavy atom. The van der Waals surface area contributed by atoms with Crippen LogP contribution in [-0.2, 0) is 12.4 Å². The summed E-state index contributed by atoms with van der Waals surface area (Å²) in [6.07, 6.45) is 0. The lowest BCUT2D eigenvalue weighted by atomic mass is 10.1. The maximum Gasteiger partial charge on any atom is 0.277 e. The Hall–Kier alpha value is -2.34. The number of aryl methyl sites for hydroxylation is 2. The summed E-state index contributed by atoms with van der Waals surface area (Å²) in [5, 5.41) is 8.43. The van der Waals surface area contributed by atoms with E-state index in [1.807, 2.05) is 25.1 Å². The summed E-state index contributed by atoms with van der Waals surface area (Å²) in [5.74, 6) is 1.60. The zero-order valence-electron chi connectivity index (χ0n) is 13.5. The topological polar surface area (TPSA) is 48.2 Å². The fraction of sp³-hybridized carbons (Fsp3) is 0.222. The molecule has 0 saturated heterocycles. The quantitative estimate of drug-likeness (QED) is 0.607. The van der Waals surface area contributed by atoms with E-state index < -0.39 is 0 Å². The Morgan fingerprint density at radius 3 is 2.58 bits per heavy atom. The molecular weight excluding hydrogens is 327 g/mol. The first kappa shape index (κ1) is 16.5. The third-order valence-corrected chi connectivity index (χ3v) is 4.45. The zero-order chi connectivity index (χ0) is 16.9. The highest BCUT2D eigenvalue weighted by atomic mass is 32.2. The first-order valence-corrected chi connectivity index (χ1v) is 8.48. The lowest BCUT2D eigenvalue weighted by molar-refractivity contribution is 0.252. The van der Waals surface area contributed by atoms with Gasteiger partial charge in [0, 0.05) is 5.75 Å². The summed E-state index contributed by atoms with van der Waals surface area (Å²) in [7, 11) is 0. The predicted octanol–water partition coefficient (Wildman–Crippen LogP) is 4.70. The van der Waals surface area contributed by atoms with Gasteiger partial charge in [0.1, 0.15) is 11.6 Å². The number of hydrogen-bond acceptors (Lipinski definition) is 5. The average Bonchev–Trinajstić information content (AvgIpc) is 3.03. The van der Waals surface area contributed by atoms with Crippen LogP contribution in [0.4, 0.5) is 4.39 Å². The second-order valence-electron chi connectivity index (χ2n) is 5.41. The molecule has 0 aliphatic carbocycles. The molecule has 0 amide bonds. The maximum absolute atomic E-state index is 12.9. The van der Waals surface area contributed by atoms with Gasteiger partial charge in [-0.3, -0.25) is 0 Å². The zero-order valence-corrected chi connectivity index (χ0v) is 14.3. The van der Waals surface area contributed by atoms with Gasteiger partial charge in [0.2, 0.25) is 0 Å². The van der Waals surface area contributed by atoms with Crippen LogP contribution in [0.1, 0.15) is 22.6 Å². The molecule has 0 aliphatic rings. The Labute approximate surface area is 144 Å². The molecule has 24 heavy (non-hydrogen) atoms. The standard InChI is InChI=1S/C18H17FN2O2S/c1-12-3-8-16(9-13(12)2)22-10-17-20-21-18(23-17)24-11-14-4-6-15(19)7-5-14/h3-9H,10-11H2,1-2H3. The fourth-order valence-electron chi connectivity index (χ4n) is 2.03. The molecule has 0 bridgehead atoms. The molecule has 6 heteroatoms. The van der Waals surface area contributed by atoms with Gasteiger partial charge in [0.15, 0.2) is 6.61 Å². The highest BCUT2D eigenvalue weighted by Crippen LogP contribution is 2.22. The van der Waals surface area contributed by atoms with Crippen LogP contribution < -0.4 is 4.74 Å². The van der Waals surface area contributed by atoms with Crippen LogP contribution in [0.5, 0.6) is 5.75 Å². The molecule has 0 N–H and O–H groups in total. The Balaban J connectivity index is 1.53.